The molecule has 0 bridgehead atoms. The molecule has 0 aromatic heterocycles. The number of Topliss-reactive ketones (excluding diaryl/α,β-unsaturated/α-hetero) is 1. The van der Waals surface area contributed by atoms with E-state index in [9.17, 15) is 9.59 Å². The molecule has 1 heterocycles. The van der Waals surface area contributed by atoms with Crippen molar-refractivity contribution >= 4 is 11.7 Å². The summed E-state index contributed by atoms with van der Waals surface area (Å²) in [5, 5.41) is 0. The van der Waals surface area contributed by atoms with Crippen molar-refractivity contribution in [2.45, 2.75) is 32.7 Å². The highest BCUT2D eigenvalue weighted by Gasteiger charge is 2.42. The molecular formula is C15H19NO3. The maximum absolute atomic E-state index is 12.4. The predicted molar refractivity (Wildman–Crippen MR) is 72.4 cm³/mol. The minimum Gasteiger partial charge on any atom is -0.494 e. The summed E-state index contributed by atoms with van der Waals surface area (Å²) in [6, 6.07) is 7.04. The zero-order valence-corrected chi connectivity index (χ0v) is 11.6. The van der Waals surface area contributed by atoms with Gasteiger partial charge in [0.15, 0.2) is 5.78 Å². The highest BCUT2D eigenvalue weighted by atomic mass is 16.5. The number of hydrogen-bond acceptors (Lipinski definition) is 3. The number of ether oxygens (including phenoxy) is 1. The summed E-state index contributed by atoms with van der Waals surface area (Å²) in [6.07, 6.45) is 0.440. The molecule has 0 N–H and O–H groups in total. The molecule has 0 radical (unpaired) electrons. The maximum atomic E-state index is 12.4. The van der Waals surface area contributed by atoms with Crippen LogP contribution in [0.1, 0.15) is 37.6 Å². The molecule has 0 atom stereocenters. The van der Waals surface area contributed by atoms with Gasteiger partial charge in [0.05, 0.1) is 12.1 Å². The van der Waals surface area contributed by atoms with E-state index in [1.54, 1.807) is 43.0 Å². The first-order chi connectivity index (χ1) is 8.96. The Labute approximate surface area is 113 Å². The first kappa shape index (κ1) is 13.6. The molecule has 1 fully saturated rings. The summed E-state index contributed by atoms with van der Waals surface area (Å²) in [5.74, 6) is 0.765. The van der Waals surface area contributed by atoms with Crippen LogP contribution in [0.2, 0.25) is 0 Å². The monoisotopic (exact) mass is 261 g/mol. The van der Waals surface area contributed by atoms with Gasteiger partial charge in [-0.05, 0) is 45.0 Å². The highest BCUT2D eigenvalue weighted by Crippen LogP contribution is 2.27. The van der Waals surface area contributed by atoms with Gasteiger partial charge in [0, 0.05) is 18.5 Å². The van der Waals surface area contributed by atoms with E-state index in [0.717, 1.165) is 5.75 Å². The van der Waals surface area contributed by atoms with Crippen LogP contribution in [0.5, 0.6) is 5.75 Å². The minimum absolute atomic E-state index is 0.0982. The molecule has 1 saturated heterocycles. The summed E-state index contributed by atoms with van der Waals surface area (Å²) in [7, 11) is 0. The first-order valence-corrected chi connectivity index (χ1v) is 6.55. The van der Waals surface area contributed by atoms with Crippen molar-refractivity contribution in [2.24, 2.45) is 0 Å². The van der Waals surface area contributed by atoms with E-state index in [4.69, 9.17) is 4.74 Å². The van der Waals surface area contributed by atoms with Gasteiger partial charge in [0.25, 0.3) is 5.91 Å². The Morgan fingerprint density at radius 1 is 1.32 bits per heavy atom. The predicted octanol–water partition coefficient (Wildman–Crippen LogP) is 2.28. The van der Waals surface area contributed by atoms with Crippen LogP contribution in [-0.2, 0) is 4.79 Å². The van der Waals surface area contributed by atoms with Crippen LogP contribution in [0.15, 0.2) is 24.3 Å². The molecule has 4 heteroatoms. The maximum Gasteiger partial charge on any atom is 0.254 e. The lowest BCUT2D eigenvalue weighted by molar-refractivity contribution is -0.123. The van der Waals surface area contributed by atoms with Crippen LogP contribution in [0.4, 0.5) is 0 Å². The van der Waals surface area contributed by atoms with Crippen molar-refractivity contribution in [3.63, 3.8) is 0 Å². The molecule has 4 nitrogen and oxygen atoms in total. The lowest BCUT2D eigenvalue weighted by atomic mass is 10.00. The number of nitrogens with zero attached hydrogens (tertiary/aromatic N) is 1. The van der Waals surface area contributed by atoms with Gasteiger partial charge >= 0.3 is 0 Å². The number of carbonyl (C=O) groups excluding carboxylic acids is 2. The lowest BCUT2D eigenvalue weighted by Crippen LogP contribution is -2.46. The van der Waals surface area contributed by atoms with Gasteiger partial charge in [-0.3, -0.25) is 9.59 Å². The van der Waals surface area contributed by atoms with E-state index >= 15 is 0 Å². The zero-order chi connectivity index (χ0) is 14.0. The molecule has 1 aromatic carbocycles. The summed E-state index contributed by atoms with van der Waals surface area (Å²) >= 11 is 0. The molecule has 1 aliphatic heterocycles. The Hall–Kier alpha value is -1.84. The number of carbonyl (C=O) groups is 2. The SMILES string of the molecule is CCOc1ccc(C(=O)N2CCC(=O)C2(C)C)cc1. The highest BCUT2D eigenvalue weighted by molar-refractivity contribution is 6.01. The van der Waals surface area contributed by atoms with E-state index in [1.807, 2.05) is 6.92 Å². The smallest absolute Gasteiger partial charge is 0.254 e. The van der Waals surface area contributed by atoms with Gasteiger partial charge < -0.3 is 9.64 Å². The second-order valence-corrected chi connectivity index (χ2v) is 5.15. The Bertz CT molecular complexity index is 491. The molecule has 0 aliphatic carbocycles. The molecule has 2 rings (SSSR count). The number of hydrogen-bond donors (Lipinski definition) is 0. The third kappa shape index (κ3) is 2.48. The van der Waals surface area contributed by atoms with Crippen LogP contribution < -0.4 is 4.74 Å². The lowest BCUT2D eigenvalue weighted by Gasteiger charge is -2.30. The van der Waals surface area contributed by atoms with Crippen molar-refractivity contribution in [3.05, 3.63) is 29.8 Å². The van der Waals surface area contributed by atoms with Crippen LogP contribution in [0.25, 0.3) is 0 Å². The number of ketones is 1. The molecule has 19 heavy (non-hydrogen) atoms. The minimum atomic E-state index is -0.699. The first-order valence-electron chi connectivity index (χ1n) is 6.55. The van der Waals surface area contributed by atoms with Crippen LogP contribution in [0, 0.1) is 0 Å². The average molecular weight is 261 g/mol. The Morgan fingerprint density at radius 3 is 2.42 bits per heavy atom. The number of likely N-dealkylation sites (tertiary alicyclic amines) is 1. The second-order valence-electron chi connectivity index (χ2n) is 5.15. The van der Waals surface area contributed by atoms with Crippen molar-refractivity contribution in [1.29, 1.82) is 0 Å². The third-order valence-corrected chi connectivity index (χ3v) is 3.58. The molecule has 0 saturated carbocycles. The topological polar surface area (TPSA) is 46.6 Å². The van der Waals surface area contributed by atoms with Crippen LogP contribution >= 0.6 is 0 Å². The van der Waals surface area contributed by atoms with Crippen molar-refractivity contribution in [1.82, 2.24) is 4.90 Å². The molecule has 0 unspecified atom stereocenters. The second kappa shape index (κ2) is 5.03. The standard InChI is InChI=1S/C15H19NO3/c1-4-19-12-7-5-11(6-8-12)14(18)16-10-9-13(17)15(16,2)3/h5-8H,4,9-10H2,1-3H3. The fourth-order valence-electron chi connectivity index (χ4n) is 2.32. The van der Waals surface area contributed by atoms with Crippen LogP contribution in [-0.4, -0.2) is 35.3 Å². The van der Waals surface area contributed by atoms with Crippen molar-refractivity contribution < 1.29 is 14.3 Å². The summed E-state index contributed by atoms with van der Waals surface area (Å²) < 4.78 is 5.35. The number of benzene rings is 1. The quantitative estimate of drug-likeness (QED) is 0.838. The third-order valence-electron chi connectivity index (χ3n) is 3.58. The number of amides is 1. The fourth-order valence-corrected chi connectivity index (χ4v) is 2.32. The Kier molecular flexibility index (Phi) is 3.60. The van der Waals surface area contributed by atoms with Crippen molar-refractivity contribution in [2.75, 3.05) is 13.2 Å². The normalized spacial score (nSPS) is 17.6. The Morgan fingerprint density at radius 2 is 1.95 bits per heavy atom. The van der Waals surface area contributed by atoms with E-state index in [2.05, 4.69) is 0 Å². The van der Waals surface area contributed by atoms with Gasteiger partial charge in [0.2, 0.25) is 0 Å². The summed E-state index contributed by atoms with van der Waals surface area (Å²) in [5.41, 5.74) is -0.110. The van der Waals surface area contributed by atoms with Crippen LogP contribution in [0.3, 0.4) is 0 Å². The molecule has 102 valence electrons. The molecule has 1 aromatic rings. The summed E-state index contributed by atoms with van der Waals surface area (Å²) in [4.78, 5) is 25.8. The van der Waals surface area contributed by atoms with E-state index in [0.29, 0.717) is 25.1 Å². The molecule has 0 spiro atoms. The van der Waals surface area contributed by atoms with Gasteiger partial charge in [-0.2, -0.15) is 0 Å². The average Bonchev–Trinajstić information content (AvgIpc) is 2.65. The molecule has 1 aliphatic rings. The van der Waals surface area contributed by atoms with Gasteiger partial charge in [-0.1, -0.05) is 0 Å². The van der Waals surface area contributed by atoms with Gasteiger partial charge in [-0.15, -0.1) is 0 Å². The van der Waals surface area contributed by atoms with Crippen molar-refractivity contribution in [3.8, 4) is 5.75 Å². The fraction of sp³-hybridized carbons (Fsp3) is 0.467. The summed E-state index contributed by atoms with van der Waals surface area (Å²) in [6.45, 7) is 6.61. The zero-order valence-electron chi connectivity index (χ0n) is 11.6. The van der Waals surface area contributed by atoms with Gasteiger partial charge in [0.1, 0.15) is 5.75 Å². The van der Waals surface area contributed by atoms with E-state index in [1.165, 1.54) is 0 Å². The number of rotatable bonds is 3. The molecule has 1 amide bonds. The van der Waals surface area contributed by atoms with E-state index in [-0.39, 0.29) is 11.7 Å². The largest absolute Gasteiger partial charge is 0.494 e. The molecular weight excluding hydrogens is 242 g/mol. The Balaban J connectivity index is 2.18. The van der Waals surface area contributed by atoms with Gasteiger partial charge in [-0.25, -0.2) is 0 Å². The van der Waals surface area contributed by atoms with E-state index < -0.39 is 5.54 Å².